The fourth-order valence-corrected chi connectivity index (χ4v) is 2.30. The molecule has 0 saturated carbocycles. The van der Waals surface area contributed by atoms with E-state index in [0.29, 0.717) is 15.7 Å². The normalized spacial score (nSPS) is 10.3. The number of carbonyl (C=O) groups excluding carboxylic acids is 1. The van der Waals surface area contributed by atoms with Crippen LogP contribution >= 0.6 is 23.2 Å². The molecule has 3 nitrogen and oxygen atoms in total. The van der Waals surface area contributed by atoms with Crippen molar-refractivity contribution < 1.29 is 13.6 Å². The molecule has 1 amide bonds. The van der Waals surface area contributed by atoms with Crippen molar-refractivity contribution >= 4 is 40.5 Å². The van der Waals surface area contributed by atoms with Crippen LogP contribution in [0.15, 0.2) is 30.3 Å². The zero-order valence-electron chi connectivity index (χ0n) is 10.8. The average molecular weight is 331 g/mol. The second-order valence-electron chi connectivity index (χ2n) is 4.18. The third-order valence-corrected chi connectivity index (χ3v) is 3.11. The summed E-state index contributed by atoms with van der Waals surface area (Å²) < 4.78 is 27.2. The quantitative estimate of drug-likeness (QED) is 0.865. The lowest BCUT2D eigenvalue weighted by Crippen LogP contribution is -2.13. The molecule has 0 saturated heterocycles. The van der Waals surface area contributed by atoms with Crippen LogP contribution < -0.4 is 10.6 Å². The number of hydrogen-bond acceptors (Lipinski definition) is 2. The van der Waals surface area contributed by atoms with E-state index in [-0.39, 0.29) is 11.3 Å². The molecule has 0 bridgehead atoms. The molecule has 0 radical (unpaired) electrons. The van der Waals surface area contributed by atoms with Gasteiger partial charge in [0.25, 0.3) is 5.91 Å². The van der Waals surface area contributed by atoms with Crippen LogP contribution in [0.2, 0.25) is 10.0 Å². The largest absolute Gasteiger partial charge is 0.383 e. The van der Waals surface area contributed by atoms with E-state index in [1.807, 2.05) is 0 Å². The van der Waals surface area contributed by atoms with Crippen molar-refractivity contribution in [3.05, 3.63) is 57.6 Å². The second kappa shape index (κ2) is 6.28. The van der Waals surface area contributed by atoms with Gasteiger partial charge in [0, 0.05) is 28.3 Å². The molecular weight excluding hydrogens is 321 g/mol. The molecule has 0 spiro atoms. The predicted octanol–water partition coefficient (Wildman–Crippen LogP) is 4.57. The summed E-state index contributed by atoms with van der Waals surface area (Å²) in [4.78, 5) is 12.0. The number of halogens is 4. The van der Waals surface area contributed by atoms with Crippen LogP contribution in [0.5, 0.6) is 0 Å². The Labute approximate surface area is 129 Å². The zero-order chi connectivity index (χ0) is 15.6. The molecule has 21 heavy (non-hydrogen) atoms. The maximum Gasteiger partial charge on any atom is 0.255 e. The lowest BCUT2D eigenvalue weighted by atomic mass is 10.1. The monoisotopic (exact) mass is 330 g/mol. The van der Waals surface area contributed by atoms with Crippen LogP contribution in [0.25, 0.3) is 0 Å². The first kappa shape index (κ1) is 15.5. The summed E-state index contributed by atoms with van der Waals surface area (Å²) in [6, 6.07) is 6.33. The van der Waals surface area contributed by atoms with Crippen molar-refractivity contribution in [3.8, 4) is 0 Å². The number of rotatable bonds is 3. The molecule has 2 aromatic rings. The van der Waals surface area contributed by atoms with Crippen LogP contribution in [0.4, 0.5) is 20.2 Å². The molecule has 110 valence electrons. The van der Waals surface area contributed by atoms with Crippen LogP contribution in [-0.2, 0) is 0 Å². The van der Waals surface area contributed by atoms with Gasteiger partial charge >= 0.3 is 0 Å². The van der Waals surface area contributed by atoms with Crippen molar-refractivity contribution in [2.45, 2.75) is 0 Å². The smallest absolute Gasteiger partial charge is 0.255 e. The third-order valence-electron chi connectivity index (χ3n) is 2.67. The van der Waals surface area contributed by atoms with Crippen molar-refractivity contribution in [3.63, 3.8) is 0 Å². The van der Waals surface area contributed by atoms with E-state index in [9.17, 15) is 13.6 Å². The SMILES string of the molecule is CNc1c(F)cc(C(=O)Nc2cc(Cl)cc(Cl)c2)cc1F. The van der Waals surface area contributed by atoms with E-state index in [4.69, 9.17) is 23.2 Å². The van der Waals surface area contributed by atoms with E-state index in [2.05, 4.69) is 10.6 Å². The lowest BCUT2D eigenvalue weighted by molar-refractivity contribution is 0.102. The van der Waals surface area contributed by atoms with Crippen LogP contribution in [0, 0.1) is 11.6 Å². The number of benzene rings is 2. The van der Waals surface area contributed by atoms with Gasteiger partial charge < -0.3 is 10.6 Å². The molecule has 7 heteroatoms. The summed E-state index contributed by atoms with van der Waals surface area (Å²) in [6.07, 6.45) is 0. The second-order valence-corrected chi connectivity index (χ2v) is 5.05. The van der Waals surface area contributed by atoms with E-state index >= 15 is 0 Å². The summed E-state index contributed by atoms with van der Waals surface area (Å²) >= 11 is 11.6. The van der Waals surface area contributed by atoms with E-state index in [1.165, 1.54) is 25.2 Å². The van der Waals surface area contributed by atoms with E-state index < -0.39 is 17.5 Å². The minimum absolute atomic E-state index is 0.153. The Kier molecular flexibility index (Phi) is 4.65. The summed E-state index contributed by atoms with van der Waals surface area (Å²) in [5.41, 5.74) is -0.117. The van der Waals surface area contributed by atoms with Gasteiger partial charge in [0.05, 0.1) is 0 Å². The molecular formula is C14H10Cl2F2N2O. The molecule has 0 fully saturated rings. The highest BCUT2D eigenvalue weighted by molar-refractivity contribution is 6.35. The highest BCUT2D eigenvalue weighted by Crippen LogP contribution is 2.24. The van der Waals surface area contributed by atoms with Gasteiger partial charge in [0.15, 0.2) is 0 Å². The first-order valence-electron chi connectivity index (χ1n) is 5.85. The van der Waals surface area contributed by atoms with Gasteiger partial charge in [0.1, 0.15) is 17.3 Å². The zero-order valence-corrected chi connectivity index (χ0v) is 12.3. The van der Waals surface area contributed by atoms with Crippen LogP contribution in [0.3, 0.4) is 0 Å². The van der Waals surface area contributed by atoms with Crippen LogP contribution in [-0.4, -0.2) is 13.0 Å². The van der Waals surface area contributed by atoms with Crippen molar-refractivity contribution in [1.29, 1.82) is 0 Å². The molecule has 2 rings (SSSR count). The number of nitrogens with one attached hydrogen (secondary N) is 2. The maximum atomic E-state index is 13.6. The number of anilines is 2. The predicted molar refractivity (Wildman–Crippen MR) is 80.3 cm³/mol. The van der Waals surface area contributed by atoms with Gasteiger partial charge in [-0.2, -0.15) is 0 Å². The van der Waals surface area contributed by atoms with Gasteiger partial charge in [-0.05, 0) is 30.3 Å². The molecule has 0 aliphatic carbocycles. The lowest BCUT2D eigenvalue weighted by Gasteiger charge is -2.09. The topological polar surface area (TPSA) is 41.1 Å². The Bertz CT molecular complexity index is 664. The number of hydrogen-bond donors (Lipinski definition) is 2. The van der Waals surface area contributed by atoms with Crippen molar-refractivity contribution in [2.75, 3.05) is 17.7 Å². The molecule has 0 aliphatic heterocycles. The Morgan fingerprint density at radius 3 is 2.00 bits per heavy atom. The van der Waals surface area contributed by atoms with Gasteiger partial charge in [-0.3, -0.25) is 4.79 Å². The highest BCUT2D eigenvalue weighted by atomic mass is 35.5. The summed E-state index contributed by atoms with van der Waals surface area (Å²) in [5.74, 6) is -2.38. The van der Waals surface area contributed by atoms with E-state index in [0.717, 1.165) is 12.1 Å². The van der Waals surface area contributed by atoms with Gasteiger partial charge in [-0.25, -0.2) is 8.78 Å². The van der Waals surface area contributed by atoms with Gasteiger partial charge in [-0.15, -0.1) is 0 Å². The Morgan fingerprint density at radius 2 is 1.52 bits per heavy atom. The molecule has 0 aromatic heterocycles. The Hall–Kier alpha value is -1.85. The molecule has 0 atom stereocenters. The third kappa shape index (κ3) is 3.62. The Balaban J connectivity index is 2.28. The van der Waals surface area contributed by atoms with Crippen molar-refractivity contribution in [2.24, 2.45) is 0 Å². The minimum Gasteiger partial charge on any atom is -0.383 e. The first-order chi connectivity index (χ1) is 9.90. The molecule has 2 N–H and O–H groups in total. The Morgan fingerprint density at radius 1 is 1.00 bits per heavy atom. The molecule has 0 unspecified atom stereocenters. The standard InChI is InChI=1S/C14H10Cl2F2N2O/c1-19-13-11(17)2-7(3-12(13)18)14(21)20-10-5-8(15)4-9(16)6-10/h2-6,19H,1H3,(H,20,21). The van der Waals surface area contributed by atoms with Gasteiger partial charge in [-0.1, -0.05) is 23.2 Å². The first-order valence-corrected chi connectivity index (χ1v) is 6.60. The molecule has 2 aromatic carbocycles. The summed E-state index contributed by atoms with van der Waals surface area (Å²) in [5, 5.41) is 5.52. The molecule has 0 aliphatic rings. The van der Waals surface area contributed by atoms with E-state index in [1.54, 1.807) is 0 Å². The average Bonchev–Trinajstić information content (AvgIpc) is 2.36. The summed E-state index contributed by atoms with van der Waals surface area (Å²) in [6.45, 7) is 0. The molecule has 0 heterocycles. The maximum absolute atomic E-state index is 13.6. The fraction of sp³-hybridized carbons (Fsp3) is 0.0714. The number of carbonyl (C=O) groups is 1. The van der Waals surface area contributed by atoms with Crippen LogP contribution in [0.1, 0.15) is 10.4 Å². The minimum atomic E-state index is -0.855. The number of amides is 1. The highest BCUT2D eigenvalue weighted by Gasteiger charge is 2.14. The fourth-order valence-electron chi connectivity index (χ4n) is 1.77. The van der Waals surface area contributed by atoms with Crippen molar-refractivity contribution in [1.82, 2.24) is 0 Å². The summed E-state index contributed by atoms with van der Waals surface area (Å²) in [7, 11) is 1.38. The van der Waals surface area contributed by atoms with Gasteiger partial charge in [0.2, 0.25) is 0 Å².